The highest BCUT2D eigenvalue weighted by molar-refractivity contribution is 6.26. The second-order valence-corrected chi connectivity index (χ2v) is 16.5. The molecular formula is C60H39N3. The summed E-state index contributed by atoms with van der Waals surface area (Å²) < 4.78 is 7.43. The number of rotatable bonds is 6. The molecule has 3 heterocycles. The molecule has 63 heavy (non-hydrogen) atoms. The summed E-state index contributed by atoms with van der Waals surface area (Å²) >= 11 is 0. The zero-order valence-corrected chi connectivity index (χ0v) is 34.4. The number of aromatic nitrogens is 3. The average Bonchev–Trinajstić information content (AvgIpc) is 4.00. The van der Waals surface area contributed by atoms with Crippen LogP contribution >= 0.6 is 0 Å². The van der Waals surface area contributed by atoms with Gasteiger partial charge in [-0.15, -0.1) is 0 Å². The lowest BCUT2D eigenvalue weighted by molar-refractivity contribution is 1.17. The Bertz CT molecular complexity index is 3890. The molecule has 0 bridgehead atoms. The lowest BCUT2D eigenvalue weighted by Crippen LogP contribution is -1.99. The average molecular weight is 802 g/mol. The van der Waals surface area contributed by atoms with Gasteiger partial charge in [-0.05, 0) is 82.9 Å². The molecule has 0 saturated carbocycles. The standard InChI is InChI=1S/C60H39N3/c1-4-18-40(19-5-1)42-33-36-56(51(38-42)41-20-6-2-7-21-41)62-53-29-15-11-25-46(53)48-34-32-43(39-58(48)62)45-24-10-14-28-52(45)63-54-30-16-12-26-47(54)49-35-37-57-59(60(49)63)50-27-13-17-31-55(50)61(57)44-22-8-3-9-23-44/h1-39H. The Morgan fingerprint density at radius 1 is 0.238 bits per heavy atom. The van der Waals surface area contributed by atoms with Gasteiger partial charge in [-0.25, -0.2) is 0 Å². The monoisotopic (exact) mass is 801 g/mol. The summed E-state index contributed by atoms with van der Waals surface area (Å²) in [5.74, 6) is 0. The zero-order chi connectivity index (χ0) is 41.4. The maximum Gasteiger partial charge on any atom is 0.0641 e. The summed E-state index contributed by atoms with van der Waals surface area (Å²) in [5.41, 5.74) is 17.7. The molecule has 294 valence electrons. The molecule has 0 aliphatic rings. The Morgan fingerprint density at radius 3 is 1.51 bits per heavy atom. The van der Waals surface area contributed by atoms with E-state index in [4.69, 9.17) is 0 Å². The molecule has 13 rings (SSSR count). The van der Waals surface area contributed by atoms with E-state index in [0.29, 0.717) is 0 Å². The van der Waals surface area contributed by atoms with Gasteiger partial charge in [0.15, 0.2) is 0 Å². The van der Waals surface area contributed by atoms with E-state index in [1.54, 1.807) is 0 Å². The van der Waals surface area contributed by atoms with Gasteiger partial charge in [-0.3, -0.25) is 0 Å². The molecule has 0 spiro atoms. The Labute approximate surface area is 364 Å². The van der Waals surface area contributed by atoms with Gasteiger partial charge in [0.2, 0.25) is 0 Å². The first-order chi connectivity index (χ1) is 31.3. The van der Waals surface area contributed by atoms with Crippen LogP contribution in [0.2, 0.25) is 0 Å². The summed E-state index contributed by atoms with van der Waals surface area (Å²) in [6.45, 7) is 0. The Balaban J connectivity index is 1.09. The van der Waals surface area contributed by atoms with Crippen molar-refractivity contribution in [3.05, 3.63) is 237 Å². The van der Waals surface area contributed by atoms with Crippen LogP contribution in [0.3, 0.4) is 0 Å². The van der Waals surface area contributed by atoms with Gasteiger partial charge >= 0.3 is 0 Å². The highest BCUT2D eigenvalue weighted by Crippen LogP contribution is 2.45. The molecule has 0 radical (unpaired) electrons. The predicted octanol–water partition coefficient (Wildman–Crippen LogP) is 16.0. The van der Waals surface area contributed by atoms with Crippen molar-refractivity contribution < 1.29 is 0 Å². The normalized spacial score (nSPS) is 11.8. The third kappa shape index (κ3) is 5.40. The van der Waals surface area contributed by atoms with Gasteiger partial charge in [0.25, 0.3) is 0 Å². The van der Waals surface area contributed by atoms with Crippen molar-refractivity contribution >= 4 is 65.4 Å². The Kier molecular flexibility index (Phi) is 7.91. The van der Waals surface area contributed by atoms with Crippen LogP contribution in [-0.2, 0) is 0 Å². The van der Waals surface area contributed by atoms with Crippen LogP contribution in [0.25, 0.3) is 116 Å². The highest BCUT2D eigenvalue weighted by atomic mass is 15.0. The molecule has 0 aliphatic carbocycles. The smallest absolute Gasteiger partial charge is 0.0641 e. The van der Waals surface area contributed by atoms with Gasteiger partial charge in [0.1, 0.15) is 0 Å². The van der Waals surface area contributed by atoms with Crippen molar-refractivity contribution in [1.82, 2.24) is 13.7 Å². The number of nitrogens with zero attached hydrogens (tertiary/aromatic N) is 3. The second-order valence-electron chi connectivity index (χ2n) is 16.5. The largest absolute Gasteiger partial charge is 0.309 e. The van der Waals surface area contributed by atoms with Gasteiger partial charge in [-0.2, -0.15) is 0 Å². The maximum absolute atomic E-state index is 2.53. The quantitative estimate of drug-likeness (QED) is 0.159. The molecule has 0 aliphatic heterocycles. The zero-order valence-electron chi connectivity index (χ0n) is 34.4. The number of hydrogen-bond acceptors (Lipinski definition) is 0. The predicted molar refractivity (Wildman–Crippen MR) is 266 cm³/mol. The minimum Gasteiger partial charge on any atom is -0.309 e. The second kappa shape index (κ2) is 14.1. The molecule has 0 fully saturated rings. The maximum atomic E-state index is 2.53. The van der Waals surface area contributed by atoms with Crippen LogP contribution in [0.15, 0.2) is 237 Å². The lowest BCUT2D eigenvalue weighted by atomic mass is 9.97. The van der Waals surface area contributed by atoms with Crippen molar-refractivity contribution in [3.63, 3.8) is 0 Å². The fourth-order valence-corrected chi connectivity index (χ4v) is 10.3. The van der Waals surface area contributed by atoms with E-state index in [1.165, 1.54) is 93.2 Å². The summed E-state index contributed by atoms with van der Waals surface area (Å²) in [7, 11) is 0. The van der Waals surface area contributed by atoms with Crippen molar-refractivity contribution in [2.45, 2.75) is 0 Å². The van der Waals surface area contributed by atoms with Crippen LogP contribution in [0.1, 0.15) is 0 Å². The van der Waals surface area contributed by atoms with Crippen molar-refractivity contribution in [3.8, 4) is 50.4 Å². The molecule has 10 aromatic carbocycles. The summed E-state index contributed by atoms with van der Waals surface area (Å²) in [5, 5.41) is 7.43. The SMILES string of the molecule is c1ccc(-c2ccc(-n3c4ccccc4c4ccc(-c5ccccc5-n5c6ccccc6c6ccc7c(c8ccccc8n7-c7ccccc7)c65)cc43)c(-c3ccccc3)c2)cc1. The van der Waals surface area contributed by atoms with E-state index in [9.17, 15) is 0 Å². The van der Waals surface area contributed by atoms with Crippen LogP contribution in [0.5, 0.6) is 0 Å². The minimum atomic E-state index is 1.15. The molecule has 0 atom stereocenters. The molecule has 0 amide bonds. The van der Waals surface area contributed by atoms with E-state index in [0.717, 1.165) is 22.6 Å². The minimum absolute atomic E-state index is 1.15. The van der Waals surface area contributed by atoms with Crippen molar-refractivity contribution in [2.75, 3.05) is 0 Å². The number of hydrogen-bond donors (Lipinski definition) is 0. The van der Waals surface area contributed by atoms with Gasteiger partial charge in [0.05, 0.1) is 44.5 Å². The van der Waals surface area contributed by atoms with Crippen LogP contribution in [0, 0.1) is 0 Å². The molecule has 13 aromatic rings. The van der Waals surface area contributed by atoms with Gasteiger partial charge < -0.3 is 13.7 Å². The van der Waals surface area contributed by atoms with Gasteiger partial charge in [-0.1, -0.05) is 176 Å². The first kappa shape index (κ1) is 35.4. The topological polar surface area (TPSA) is 14.8 Å². The fourth-order valence-electron chi connectivity index (χ4n) is 10.3. The van der Waals surface area contributed by atoms with E-state index >= 15 is 0 Å². The summed E-state index contributed by atoms with van der Waals surface area (Å²) in [6.07, 6.45) is 0. The summed E-state index contributed by atoms with van der Waals surface area (Å²) in [6, 6.07) is 86.4. The third-order valence-electron chi connectivity index (χ3n) is 13.0. The van der Waals surface area contributed by atoms with Crippen LogP contribution < -0.4 is 0 Å². The van der Waals surface area contributed by atoms with E-state index in [1.807, 2.05) is 0 Å². The number of fused-ring (bicyclic) bond motifs is 10. The van der Waals surface area contributed by atoms with Crippen LogP contribution in [0.4, 0.5) is 0 Å². The number of benzene rings is 10. The molecule has 3 aromatic heterocycles. The first-order valence-corrected chi connectivity index (χ1v) is 21.7. The molecular weight excluding hydrogens is 763 g/mol. The summed E-state index contributed by atoms with van der Waals surface area (Å²) in [4.78, 5) is 0. The molecule has 3 nitrogen and oxygen atoms in total. The molecule has 0 N–H and O–H groups in total. The van der Waals surface area contributed by atoms with E-state index < -0.39 is 0 Å². The lowest BCUT2D eigenvalue weighted by Gasteiger charge is -2.17. The first-order valence-electron chi connectivity index (χ1n) is 21.7. The van der Waals surface area contributed by atoms with E-state index in [2.05, 4.69) is 250 Å². The van der Waals surface area contributed by atoms with Crippen molar-refractivity contribution in [1.29, 1.82) is 0 Å². The van der Waals surface area contributed by atoms with E-state index in [-0.39, 0.29) is 0 Å². The molecule has 0 unspecified atom stereocenters. The van der Waals surface area contributed by atoms with Gasteiger partial charge in [0, 0.05) is 49.1 Å². The Hall–Kier alpha value is -8.40. The highest BCUT2D eigenvalue weighted by Gasteiger charge is 2.23. The third-order valence-corrected chi connectivity index (χ3v) is 13.0. The van der Waals surface area contributed by atoms with Crippen molar-refractivity contribution in [2.24, 2.45) is 0 Å². The Morgan fingerprint density at radius 2 is 0.762 bits per heavy atom. The molecule has 0 saturated heterocycles. The number of para-hydroxylation sites is 5. The van der Waals surface area contributed by atoms with Crippen LogP contribution in [-0.4, -0.2) is 13.7 Å². The molecule has 3 heteroatoms. The fraction of sp³-hybridized carbons (Fsp3) is 0.